The second-order valence-corrected chi connectivity index (χ2v) is 5.07. The van der Waals surface area contributed by atoms with Gasteiger partial charge in [0.25, 0.3) is 0 Å². The number of benzene rings is 1. The number of rotatable bonds is 3. The molecule has 1 aromatic rings. The molecule has 0 aliphatic heterocycles. The Morgan fingerprint density at radius 1 is 1.38 bits per heavy atom. The zero-order valence-electron chi connectivity index (χ0n) is 9.14. The van der Waals surface area contributed by atoms with Gasteiger partial charge in [0.15, 0.2) is 0 Å². The van der Waals surface area contributed by atoms with Gasteiger partial charge in [0.1, 0.15) is 0 Å². The molecule has 1 rings (SSSR count). The van der Waals surface area contributed by atoms with Gasteiger partial charge in [-0.1, -0.05) is 15.9 Å². The van der Waals surface area contributed by atoms with Crippen molar-refractivity contribution in [3.63, 3.8) is 0 Å². The van der Waals surface area contributed by atoms with E-state index in [1.165, 1.54) is 0 Å². The molecule has 0 aromatic heterocycles. The van der Waals surface area contributed by atoms with E-state index in [1.54, 1.807) is 38.1 Å². The van der Waals surface area contributed by atoms with Crippen molar-refractivity contribution >= 4 is 27.7 Å². The van der Waals surface area contributed by atoms with Crippen LogP contribution in [0.3, 0.4) is 0 Å². The standard InChI is InChI=1S/C11H14BrNO3/c1-11(2,16)7-13(10(14)15)9-5-3-8(12)4-6-9/h3-6,16H,7H2,1-2H3,(H,14,15). The monoisotopic (exact) mass is 287 g/mol. The predicted molar refractivity (Wildman–Crippen MR) is 65.8 cm³/mol. The summed E-state index contributed by atoms with van der Waals surface area (Å²) >= 11 is 3.28. The molecule has 16 heavy (non-hydrogen) atoms. The Hall–Kier alpha value is -1.07. The molecule has 0 heterocycles. The molecule has 1 aromatic carbocycles. The average Bonchev–Trinajstić information content (AvgIpc) is 2.14. The second kappa shape index (κ2) is 4.84. The first-order valence-corrected chi connectivity index (χ1v) is 5.57. The fraction of sp³-hybridized carbons (Fsp3) is 0.364. The van der Waals surface area contributed by atoms with Crippen LogP contribution in [0.15, 0.2) is 28.7 Å². The summed E-state index contributed by atoms with van der Waals surface area (Å²) in [5, 5.41) is 18.7. The van der Waals surface area contributed by atoms with Crippen molar-refractivity contribution in [2.45, 2.75) is 19.4 Å². The van der Waals surface area contributed by atoms with Crippen LogP contribution >= 0.6 is 15.9 Å². The van der Waals surface area contributed by atoms with Crippen molar-refractivity contribution in [2.75, 3.05) is 11.4 Å². The maximum atomic E-state index is 11.1. The van der Waals surface area contributed by atoms with E-state index < -0.39 is 11.7 Å². The van der Waals surface area contributed by atoms with E-state index in [-0.39, 0.29) is 6.54 Å². The van der Waals surface area contributed by atoms with Crippen molar-refractivity contribution in [3.05, 3.63) is 28.7 Å². The number of amides is 1. The van der Waals surface area contributed by atoms with Crippen LogP contribution in [0.2, 0.25) is 0 Å². The normalized spacial score (nSPS) is 11.2. The molecule has 0 radical (unpaired) electrons. The highest BCUT2D eigenvalue weighted by atomic mass is 79.9. The minimum Gasteiger partial charge on any atom is -0.465 e. The Bertz CT molecular complexity index is 370. The van der Waals surface area contributed by atoms with Crippen molar-refractivity contribution < 1.29 is 15.0 Å². The summed E-state index contributed by atoms with van der Waals surface area (Å²) in [4.78, 5) is 12.2. The molecule has 0 atom stereocenters. The van der Waals surface area contributed by atoms with E-state index in [4.69, 9.17) is 5.11 Å². The lowest BCUT2D eigenvalue weighted by Crippen LogP contribution is -2.41. The van der Waals surface area contributed by atoms with Crippen LogP contribution in [0.25, 0.3) is 0 Å². The van der Waals surface area contributed by atoms with E-state index in [9.17, 15) is 9.90 Å². The molecule has 0 saturated carbocycles. The fourth-order valence-corrected chi connectivity index (χ4v) is 1.54. The maximum Gasteiger partial charge on any atom is 0.411 e. The van der Waals surface area contributed by atoms with E-state index in [1.807, 2.05) is 0 Å². The zero-order valence-corrected chi connectivity index (χ0v) is 10.7. The molecule has 1 amide bonds. The SMILES string of the molecule is CC(C)(O)CN(C(=O)O)c1ccc(Br)cc1. The van der Waals surface area contributed by atoms with Crippen molar-refractivity contribution in [1.29, 1.82) is 0 Å². The number of carboxylic acid groups (broad SMARTS) is 1. The zero-order chi connectivity index (χ0) is 12.3. The van der Waals surface area contributed by atoms with Gasteiger partial charge in [-0.25, -0.2) is 4.79 Å². The third-order valence-corrected chi connectivity index (χ3v) is 2.44. The smallest absolute Gasteiger partial charge is 0.411 e. The summed E-state index contributed by atoms with van der Waals surface area (Å²) in [5.74, 6) is 0. The van der Waals surface area contributed by atoms with Crippen LogP contribution in [0.5, 0.6) is 0 Å². The van der Waals surface area contributed by atoms with E-state index >= 15 is 0 Å². The molecule has 0 fully saturated rings. The number of anilines is 1. The highest BCUT2D eigenvalue weighted by molar-refractivity contribution is 9.10. The van der Waals surface area contributed by atoms with E-state index in [0.29, 0.717) is 5.69 Å². The molecular formula is C11H14BrNO3. The molecule has 0 bridgehead atoms. The lowest BCUT2D eigenvalue weighted by Gasteiger charge is -2.26. The first-order chi connectivity index (χ1) is 7.29. The van der Waals surface area contributed by atoms with E-state index in [0.717, 1.165) is 9.37 Å². The van der Waals surface area contributed by atoms with Crippen LogP contribution in [0.1, 0.15) is 13.8 Å². The fourth-order valence-electron chi connectivity index (χ4n) is 1.28. The molecule has 0 spiro atoms. The molecule has 0 saturated heterocycles. The van der Waals surface area contributed by atoms with Crippen LogP contribution in [-0.2, 0) is 0 Å². The lowest BCUT2D eigenvalue weighted by molar-refractivity contribution is 0.0860. The van der Waals surface area contributed by atoms with Crippen LogP contribution in [0, 0.1) is 0 Å². The largest absolute Gasteiger partial charge is 0.465 e. The van der Waals surface area contributed by atoms with Gasteiger partial charge in [-0.3, -0.25) is 4.90 Å². The highest BCUT2D eigenvalue weighted by Crippen LogP contribution is 2.20. The predicted octanol–water partition coefficient (Wildman–Crippen LogP) is 2.70. The summed E-state index contributed by atoms with van der Waals surface area (Å²) < 4.78 is 0.879. The molecular weight excluding hydrogens is 274 g/mol. The minimum atomic E-state index is -1.08. The summed E-state index contributed by atoms with van der Waals surface area (Å²) in [5.41, 5.74) is -0.524. The lowest BCUT2D eigenvalue weighted by atomic mass is 10.1. The Morgan fingerprint density at radius 3 is 2.25 bits per heavy atom. The number of hydrogen-bond acceptors (Lipinski definition) is 2. The molecule has 88 valence electrons. The van der Waals surface area contributed by atoms with Gasteiger partial charge in [-0.15, -0.1) is 0 Å². The average molecular weight is 288 g/mol. The Balaban J connectivity index is 2.94. The van der Waals surface area contributed by atoms with Gasteiger partial charge in [-0.2, -0.15) is 0 Å². The van der Waals surface area contributed by atoms with Crippen molar-refractivity contribution in [2.24, 2.45) is 0 Å². The summed E-state index contributed by atoms with van der Waals surface area (Å²) in [6.45, 7) is 3.17. The number of hydrogen-bond donors (Lipinski definition) is 2. The Morgan fingerprint density at radius 2 is 1.88 bits per heavy atom. The van der Waals surface area contributed by atoms with Crippen molar-refractivity contribution in [1.82, 2.24) is 0 Å². The third-order valence-electron chi connectivity index (χ3n) is 1.91. The van der Waals surface area contributed by atoms with Gasteiger partial charge < -0.3 is 10.2 Å². The molecule has 0 aliphatic rings. The highest BCUT2D eigenvalue weighted by Gasteiger charge is 2.23. The molecule has 0 unspecified atom stereocenters. The van der Waals surface area contributed by atoms with Gasteiger partial charge in [0.2, 0.25) is 0 Å². The van der Waals surface area contributed by atoms with Crippen molar-refractivity contribution in [3.8, 4) is 0 Å². The van der Waals surface area contributed by atoms with Crippen LogP contribution < -0.4 is 4.90 Å². The van der Waals surface area contributed by atoms with Gasteiger partial charge in [-0.05, 0) is 38.1 Å². The van der Waals surface area contributed by atoms with Gasteiger partial charge in [0, 0.05) is 10.2 Å². The summed E-state index contributed by atoms with van der Waals surface area (Å²) in [6, 6.07) is 6.89. The summed E-state index contributed by atoms with van der Waals surface area (Å²) in [7, 11) is 0. The van der Waals surface area contributed by atoms with E-state index in [2.05, 4.69) is 15.9 Å². The van der Waals surface area contributed by atoms with Gasteiger partial charge in [0.05, 0.1) is 12.1 Å². The number of aliphatic hydroxyl groups is 1. The molecule has 2 N–H and O–H groups in total. The Labute approximate surface area is 103 Å². The quantitative estimate of drug-likeness (QED) is 0.899. The summed E-state index contributed by atoms with van der Waals surface area (Å²) in [6.07, 6.45) is -1.08. The molecule has 4 nitrogen and oxygen atoms in total. The van der Waals surface area contributed by atoms with Gasteiger partial charge >= 0.3 is 6.09 Å². The molecule has 5 heteroatoms. The molecule has 0 aliphatic carbocycles. The number of carbonyl (C=O) groups is 1. The Kier molecular flexibility index (Phi) is 3.93. The van der Waals surface area contributed by atoms with Crippen LogP contribution in [0.4, 0.5) is 10.5 Å². The van der Waals surface area contributed by atoms with Crippen LogP contribution in [-0.4, -0.2) is 28.5 Å². The first-order valence-electron chi connectivity index (χ1n) is 4.78. The maximum absolute atomic E-state index is 11.1. The number of nitrogens with zero attached hydrogens (tertiary/aromatic N) is 1. The number of halogens is 1. The second-order valence-electron chi connectivity index (χ2n) is 4.16. The topological polar surface area (TPSA) is 60.8 Å². The minimum absolute atomic E-state index is 0.0317. The third kappa shape index (κ3) is 3.83. The first kappa shape index (κ1) is 13.0.